The van der Waals surface area contributed by atoms with Crippen LogP contribution in [0.2, 0.25) is 0 Å². The van der Waals surface area contributed by atoms with Gasteiger partial charge in [0, 0.05) is 30.1 Å². The van der Waals surface area contributed by atoms with Gasteiger partial charge in [-0.3, -0.25) is 9.48 Å². The molecule has 1 amide bonds. The third-order valence-corrected chi connectivity index (χ3v) is 6.96. The summed E-state index contributed by atoms with van der Waals surface area (Å²) in [6, 6.07) is 6.70. The Labute approximate surface area is 199 Å². The standard InChI is InChI=1S/C21H23F2N5O6S/c22-20(23)12-27-10-15(7-24-27)35(32,33)28-9-14-8-26(11-18(14)25-28)21(31)17(13-30)16-3-1-2-4-19(16)34-6-5-29/h1-4,7,9-10,17,20,29-30H,5-6,8,11-13H2/t17-/m0/s1. The molecule has 0 bridgehead atoms. The van der Waals surface area contributed by atoms with Crippen LogP contribution in [0.15, 0.2) is 47.8 Å². The number of hydrogen-bond acceptors (Lipinski definition) is 8. The highest BCUT2D eigenvalue weighted by Crippen LogP contribution is 2.31. The molecule has 3 heterocycles. The quantitative estimate of drug-likeness (QED) is 0.403. The molecule has 2 aromatic heterocycles. The van der Waals surface area contributed by atoms with Gasteiger partial charge < -0.3 is 19.8 Å². The van der Waals surface area contributed by atoms with E-state index in [1.54, 1.807) is 24.3 Å². The molecule has 11 nitrogen and oxygen atoms in total. The minimum atomic E-state index is -4.15. The number of fused-ring (bicyclic) bond motifs is 1. The molecule has 4 rings (SSSR count). The maximum atomic E-state index is 13.2. The van der Waals surface area contributed by atoms with Crippen LogP contribution in [-0.4, -0.2) is 74.7 Å². The SMILES string of the molecule is O=C([C@@H](CO)c1ccccc1OCCO)N1Cc2cn(S(=O)(=O)c3cnn(CC(F)F)c3)nc2C1. The number of aromatic nitrogens is 4. The first-order valence-electron chi connectivity index (χ1n) is 10.6. The number of rotatable bonds is 10. The number of amides is 1. The summed E-state index contributed by atoms with van der Waals surface area (Å²) in [5, 5.41) is 26.7. The van der Waals surface area contributed by atoms with E-state index in [1.165, 1.54) is 11.1 Å². The Balaban J connectivity index is 1.50. The highest BCUT2D eigenvalue weighted by atomic mass is 32.2. The van der Waals surface area contributed by atoms with Crippen molar-refractivity contribution in [2.45, 2.75) is 36.9 Å². The van der Waals surface area contributed by atoms with Crippen molar-refractivity contribution in [1.29, 1.82) is 0 Å². The first-order valence-corrected chi connectivity index (χ1v) is 12.0. The van der Waals surface area contributed by atoms with Gasteiger partial charge in [0.15, 0.2) is 0 Å². The summed E-state index contributed by atoms with van der Waals surface area (Å²) in [6.07, 6.45) is 0.571. The lowest BCUT2D eigenvalue weighted by molar-refractivity contribution is -0.134. The molecule has 0 saturated heterocycles. The van der Waals surface area contributed by atoms with Gasteiger partial charge in [-0.1, -0.05) is 18.2 Å². The minimum absolute atomic E-state index is 0.0253. The molecule has 0 radical (unpaired) electrons. The molecule has 1 aliphatic heterocycles. The van der Waals surface area contributed by atoms with E-state index in [0.29, 0.717) is 22.6 Å². The Kier molecular flexibility index (Phi) is 7.14. The van der Waals surface area contributed by atoms with E-state index in [4.69, 9.17) is 9.84 Å². The van der Waals surface area contributed by atoms with Crippen molar-refractivity contribution in [2.75, 3.05) is 19.8 Å². The molecule has 1 aromatic carbocycles. The molecule has 0 fully saturated rings. The fourth-order valence-electron chi connectivity index (χ4n) is 3.82. The normalized spacial score (nSPS) is 14.4. The Bertz CT molecular complexity index is 1290. The lowest BCUT2D eigenvalue weighted by Gasteiger charge is -2.23. The summed E-state index contributed by atoms with van der Waals surface area (Å²) in [7, 11) is -4.15. The summed E-state index contributed by atoms with van der Waals surface area (Å²) in [5.41, 5.74) is 1.33. The second-order valence-corrected chi connectivity index (χ2v) is 9.60. The highest BCUT2D eigenvalue weighted by molar-refractivity contribution is 7.89. The van der Waals surface area contributed by atoms with Gasteiger partial charge in [0.05, 0.1) is 37.6 Å². The molecule has 188 valence electrons. The maximum Gasteiger partial charge on any atom is 0.286 e. The number of halogens is 2. The number of ether oxygens (including phenoxy) is 1. The lowest BCUT2D eigenvalue weighted by atomic mass is 9.97. The van der Waals surface area contributed by atoms with Crippen LogP contribution in [0.5, 0.6) is 5.75 Å². The average Bonchev–Trinajstić information content (AvgIpc) is 3.54. The lowest BCUT2D eigenvalue weighted by Crippen LogP contribution is -2.33. The van der Waals surface area contributed by atoms with E-state index < -0.39 is 41.4 Å². The van der Waals surface area contributed by atoms with E-state index in [-0.39, 0.29) is 31.2 Å². The van der Waals surface area contributed by atoms with Crippen LogP contribution >= 0.6 is 0 Å². The maximum absolute atomic E-state index is 13.2. The number of aliphatic hydroxyl groups is 2. The number of para-hydroxylation sites is 1. The Morgan fingerprint density at radius 2 is 1.94 bits per heavy atom. The molecule has 0 spiro atoms. The van der Waals surface area contributed by atoms with Gasteiger partial charge in [0.1, 0.15) is 23.8 Å². The van der Waals surface area contributed by atoms with Crippen LogP contribution in [-0.2, 0) is 34.5 Å². The zero-order chi connectivity index (χ0) is 25.2. The molecule has 0 aliphatic carbocycles. The van der Waals surface area contributed by atoms with Gasteiger partial charge in [-0.25, -0.2) is 8.78 Å². The van der Waals surface area contributed by atoms with Gasteiger partial charge in [-0.15, -0.1) is 0 Å². The van der Waals surface area contributed by atoms with Gasteiger partial charge >= 0.3 is 0 Å². The van der Waals surface area contributed by atoms with Gasteiger partial charge in [-0.05, 0) is 6.07 Å². The molecular weight excluding hydrogens is 488 g/mol. The minimum Gasteiger partial charge on any atom is -0.491 e. The summed E-state index contributed by atoms with van der Waals surface area (Å²) >= 11 is 0. The second-order valence-electron chi connectivity index (χ2n) is 7.81. The van der Waals surface area contributed by atoms with E-state index in [0.717, 1.165) is 21.2 Å². The third-order valence-electron chi connectivity index (χ3n) is 5.47. The first-order chi connectivity index (χ1) is 16.7. The number of nitrogens with zero attached hydrogens (tertiary/aromatic N) is 5. The summed E-state index contributed by atoms with van der Waals surface area (Å²) in [6.45, 7) is -1.30. The van der Waals surface area contributed by atoms with Crippen LogP contribution < -0.4 is 4.74 Å². The average molecular weight is 512 g/mol. The number of alkyl halides is 2. The zero-order valence-corrected chi connectivity index (χ0v) is 19.2. The molecule has 0 unspecified atom stereocenters. The molecule has 1 aliphatic rings. The van der Waals surface area contributed by atoms with Crippen LogP contribution in [0.1, 0.15) is 22.7 Å². The smallest absolute Gasteiger partial charge is 0.286 e. The van der Waals surface area contributed by atoms with Crippen molar-refractivity contribution in [3.05, 3.63) is 59.7 Å². The molecule has 14 heteroatoms. The van der Waals surface area contributed by atoms with Crippen molar-refractivity contribution in [2.24, 2.45) is 0 Å². The molecule has 1 atom stereocenters. The molecule has 3 aromatic rings. The van der Waals surface area contributed by atoms with Gasteiger partial charge in [-0.2, -0.15) is 22.7 Å². The van der Waals surface area contributed by atoms with Gasteiger partial charge in [0.2, 0.25) is 5.91 Å². The topological polar surface area (TPSA) is 140 Å². The number of carbonyl (C=O) groups is 1. The molecule has 0 saturated carbocycles. The Hall–Kier alpha value is -3.36. The Morgan fingerprint density at radius 3 is 2.63 bits per heavy atom. The monoisotopic (exact) mass is 511 g/mol. The van der Waals surface area contributed by atoms with Crippen molar-refractivity contribution >= 4 is 15.9 Å². The summed E-state index contributed by atoms with van der Waals surface area (Å²) in [5.74, 6) is -0.951. The number of aliphatic hydroxyl groups excluding tert-OH is 2. The van der Waals surface area contributed by atoms with Crippen LogP contribution in [0.4, 0.5) is 8.78 Å². The largest absolute Gasteiger partial charge is 0.491 e. The molecule has 2 N–H and O–H groups in total. The summed E-state index contributed by atoms with van der Waals surface area (Å²) in [4.78, 5) is 14.4. The number of benzene rings is 1. The zero-order valence-electron chi connectivity index (χ0n) is 18.4. The second kappa shape index (κ2) is 10.1. The number of carbonyl (C=O) groups excluding carboxylic acids is 1. The van der Waals surface area contributed by atoms with E-state index in [1.807, 2.05) is 0 Å². The van der Waals surface area contributed by atoms with E-state index in [9.17, 15) is 27.1 Å². The molecule has 35 heavy (non-hydrogen) atoms. The fourth-order valence-corrected chi connectivity index (χ4v) is 4.94. The first kappa shape index (κ1) is 24.8. The predicted octanol–water partition coefficient (Wildman–Crippen LogP) is 0.571. The summed E-state index contributed by atoms with van der Waals surface area (Å²) < 4.78 is 57.8. The molecular formula is C21H23F2N5O6S. The number of hydrogen-bond donors (Lipinski definition) is 2. The third kappa shape index (κ3) is 5.04. The van der Waals surface area contributed by atoms with E-state index in [2.05, 4.69) is 10.2 Å². The van der Waals surface area contributed by atoms with Crippen molar-refractivity contribution in [3.63, 3.8) is 0 Å². The predicted molar refractivity (Wildman–Crippen MR) is 116 cm³/mol. The Morgan fingerprint density at radius 1 is 1.17 bits per heavy atom. The van der Waals surface area contributed by atoms with Crippen molar-refractivity contribution in [3.8, 4) is 5.75 Å². The van der Waals surface area contributed by atoms with E-state index >= 15 is 0 Å². The van der Waals surface area contributed by atoms with Crippen molar-refractivity contribution in [1.82, 2.24) is 23.9 Å². The van der Waals surface area contributed by atoms with Gasteiger partial charge in [0.25, 0.3) is 16.4 Å². The van der Waals surface area contributed by atoms with Crippen LogP contribution in [0.25, 0.3) is 0 Å². The van der Waals surface area contributed by atoms with Crippen LogP contribution in [0.3, 0.4) is 0 Å². The highest BCUT2D eigenvalue weighted by Gasteiger charge is 2.34. The van der Waals surface area contributed by atoms with Crippen molar-refractivity contribution < 1.29 is 36.9 Å². The fraction of sp³-hybridized carbons (Fsp3) is 0.381. The van der Waals surface area contributed by atoms with Crippen LogP contribution in [0, 0.1) is 0 Å².